The third kappa shape index (κ3) is 12.7. The number of aliphatic hydroxyl groups excluding tert-OH is 1. The third-order valence-electron chi connectivity index (χ3n) is 8.49. The lowest BCUT2D eigenvalue weighted by Gasteiger charge is -2.33. The van der Waals surface area contributed by atoms with Crippen LogP contribution in [0.2, 0.25) is 0 Å². The monoisotopic (exact) mass is 667 g/mol. The van der Waals surface area contributed by atoms with Gasteiger partial charge in [-0.3, -0.25) is 28.9 Å². The fraction of sp³-hybridized carbons (Fsp3) is 0.556. The zero-order valence-electron chi connectivity index (χ0n) is 29.2. The number of nitrogens with zero attached hydrogens (tertiary/aromatic N) is 2. The summed E-state index contributed by atoms with van der Waals surface area (Å²) in [5.74, 6) is -3.91. The molecule has 0 fully saturated rings. The molecule has 0 aliphatic heterocycles. The number of carbonyl (C=O) groups is 5. The highest BCUT2D eigenvalue weighted by Gasteiger charge is 2.36. The third-order valence-corrected chi connectivity index (χ3v) is 8.49. The van der Waals surface area contributed by atoms with Crippen molar-refractivity contribution in [3.63, 3.8) is 0 Å². The Balaban J connectivity index is 2.22. The van der Waals surface area contributed by atoms with Crippen LogP contribution in [-0.4, -0.2) is 76.1 Å². The van der Waals surface area contributed by atoms with Crippen molar-refractivity contribution in [2.45, 2.75) is 97.9 Å². The lowest BCUT2D eigenvalue weighted by atomic mass is 9.85. The Morgan fingerprint density at radius 1 is 0.854 bits per heavy atom. The second kappa shape index (κ2) is 19.5. The van der Waals surface area contributed by atoms with E-state index in [0.29, 0.717) is 24.2 Å². The zero-order chi connectivity index (χ0) is 36.0. The Labute approximate surface area is 284 Å². The van der Waals surface area contributed by atoms with Gasteiger partial charge in [0.2, 0.25) is 17.7 Å². The highest BCUT2D eigenvalue weighted by Crippen LogP contribution is 2.23. The van der Waals surface area contributed by atoms with E-state index >= 15 is 0 Å². The van der Waals surface area contributed by atoms with Crippen molar-refractivity contribution >= 4 is 35.4 Å². The molecule has 0 aliphatic rings. The maximum absolute atomic E-state index is 13.8. The van der Waals surface area contributed by atoms with Gasteiger partial charge in [0.05, 0.1) is 25.0 Å². The van der Waals surface area contributed by atoms with Gasteiger partial charge in [-0.2, -0.15) is 0 Å². The molecule has 0 spiro atoms. The molecule has 6 atom stereocenters. The number of carboxylic acids is 1. The first kappa shape index (κ1) is 39.9. The van der Waals surface area contributed by atoms with Crippen molar-refractivity contribution in [1.82, 2.24) is 20.9 Å². The predicted molar refractivity (Wildman–Crippen MR) is 184 cm³/mol. The Hall–Kier alpha value is -4.32. The van der Waals surface area contributed by atoms with Gasteiger partial charge in [0, 0.05) is 19.2 Å². The first-order valence-electron chi connectivity index (χ1n) is 16.7. The smallest absolute Gasteiger partial charge is 0.305 e. The number of rotatable bonds is 19. The van der Waals surface area contributed by atoms with Crippen LogP contribution in [0.3, 0.4) is 0 Å². The number of benzene rings is 1. The molecule has 0 bridgehead atoms. The number of amides is 4. The number of anilines is 1. The molecular formula is C36H53N5O7. The van der Waals surface area contributed by atoms with Crippen molar-refractivity contribution in [3.05, 3.63) is 60.3 Å². The number of hydrogen-bond donors (Lipinski definition) is 5. The molecule has 0 aliphatic carbocycles. The van der Waals surface area contributed by atoms with E-state index < -0.39 is 60.3 Å². The summed E-state index contributed by atoms with van der Waals surface area (Å²) in [7, 11) is 1.61. The van der Waals surface area contributed by atoms with E-state index in [1.807, 2.05) is 47.6 Å². The van der Waals surface area contributed by atoms with E-state index in [2.05, 4.69) is 20.9 Å². The van der Waals surface area contributed by atoms with Gasteiger partial charge in [-0.15, -0.1) is 0 Å². The van der Waals surface area contributed by atoms with Gasteiger partial charge in [-0.25, -0.2) is 4.98 Å². The summed E-state index contributed by atoms with van der Waals surface area (Å²) in [5, 5.41) is 29.2. The van der Waals surface area contributed by atoms with Crippen molar-refractivity contribution < 1.29 is 34.2 Å². The number of aliphatic hydroxyl groups is 1. The van der Waals surface area contributed by atoms with Crippen LogP contribution in [0.1, 0.15) is 72.8 Å². The summed E-state index contributed by atoms with van der Waals surface area (Å²) < 4.78 is 0. The van der Waals surface area contributed by atoms with E-state index in [1.54, 1.807) is 55.7 Å². The van der Waals surface area contributed by atoms with E-state index in [-0.39, 0.29) is 36.5 Å². The van der Waals surface area contributed by atoms with Gasteiger partial charge >= 0.3 is 5.97 Å². The summed E-state index contributed by atoms with van der Waals surface area (Å²) >= 11 is 0. The molecule has 12 heteroatoms. The molecule has 0 radical (unpaired) electrons. The molecule has 0 saturated heterocycles. The Bertz CT molecular complexity index is 1340. The Morgan fingerprint density at radius 3 is 2.04 bits per heavy atom. The first-order chi connectivity index (χ1) is 22.6. The van der Waals surface area contributed by atoms with Crippen LogP contribution in [0.25, 0.3) is 0 Å². The summed E-state index contributed by atoms with van der Waals surface area (Å²) in [6.45, 7) is 11.3. The number of aliphatic carboxylic acids is 1. The van der Waals surface area contributed by atoms with Crippen LogP contribution in [0, 0.1) is 23.7 Å². The molecule has 4 amide bonds. The lowest BCUT2D eigenvalue weighted by molar-refractivity contribution is -0.141. The molecule has 0 saturated carbocycles. The average molecular weight is 668 g/mol. The van der Waals surface area contributed by atoms with Crippen LogP contribution in [0.4, 0.5) is 5.82 Å². The van der Waals surface area contributed by atoms with Gasteiger partial charge in [-0.1, -0.05) is 84.4 Å². The van der Waals surface area contributed by atoms with E-state index in [1.165, 1.54) is 4.90 Å². The molecule has 5 N–H and O–H groups in total. The molecule has 1 aromatic carbocycles. The topological polar surface area (TPSA) is 178 Å². The largest absolute Gasteiger partial charge is 0.481 e. The van der Waals surface area contributed by atoms with Crippen LogP contribution < -0.4 is 20.9 Å². The van der Waals surface area contributed by atoms with Crippen molar-refractivity contribution in [1.29, 1.82) is 0 Å². The lowest BCUT2D eigenvalue weighted by Crippen LogP contribution is -2.55. The SMILES string of the molecule is CC[C@@H](C)[C@H](NC(=O)[C@@H](CC(O)[C@H](CC(C)C)NC(=O)[C@@H](CC(=O)O)NC(=O)Cc1ccccc1)C(C)C)C(=O)N(C)c1ccccn1. The number of carboxylic acid groups (broad SMARTS) is 1. The minimum Gasteiger partial charge on any atom is -0.481 e. The summed E-state index contributed by atoms with van der Waals surface area (Å²) in [5.41, 5.74) is 0.705. The fourth-order valence-electron chi connectivity index (χ4n) is 5.44. The highest BCUT2D eigenvalue weighted by atomic mass is 16.4. The van der Waals surface area contributed by atoms with Gasteiger partial charge in [0.1, 0.15) is 17.9 Å². The summed E-state index contributed by atoms with van der Waals surface area (Å²) in [6, 6.07) is 11.0. The highest BCUT2D eigenvalue weighted by molar-refractivity contribution is 5.98. The molecule has 12 nitrogen and oxygen atoms in total. The van der Waals surface area contributed by atoms with E-state index in [9.17, 15) is 34.2 Å². The predicted octanol–water partition coefficient (Wildman–Crippen LogP) is 3.33. The Kier molecular flexibility index (Phi) is 16.2. The van der Waals surface area contributed by atoms with E-state index in [0.717, 1.165) is 0 Å². The molecular weight excluding hydrogens is 614 g/mol. The standard InChI is InChI=1S/C36H53N5O7/c1-8-24(6)33(36(48)41(7)30-16-12-13-17-37-30)40-34(46)26(23(4)5)20-29(42)27(18-22(2)3)39-35(47)28(21-32(44)45)38-31(43)19-25-14-10-9-11-15-25/h9-17,22-24,26-29,33,42H,8,18-21H2,1-7H3,(H,38,43)(H,39,47)(H,40,46)(H,44,45)/t24-,26+,27+,28-,29?,33+/m1/s1. The van der Waals surface area contributed by atoms with Crippen molar-refractivity contribution in [2.75, 3.05) is 11.9 Å². The van der Waals surface area contributed by atoms with Crippen LogP contribution in [0.15, 0.2) is 54.7 Å². The average Bonchev–Trinajstić information content (AvgIpc) is 3.04. The van der Waals surface area contributed by atoms with Crippen LogP contribution >= 0.6 is 0 Å². The number of hydrogen-bond acceptors (Lipinski definition) is 7. The quantitative estimate of drug-likeness (QED) is 0.151. The maximum atomic E-state index is 13.8. The molecule has 2 aromatic rings. The van der Waals surface area contributed by atoms with Crippen LogP contribution in [0.5, 0.6) is 0 Å². The second-order valence-corrected chi connectivity index (χ2v) is 13.2. The zero-order valence-corrected chi connectivity index (χ0v) is 29.2. The Morgan fingerprint density at radius 2 is 1.50 bits per heavy atom. The van der Waals surface area contributed by atoms with Gasteiger partial charge in [0.25, 0.3) is 5.91 Å². The van der Waals surface area contributed by atoms with Crippen molar-refractivity contribution in [3.8, 4) is 0 Å². The molecule has 48 heavy (non-hydrogen) atoms. The van der Waals surface area contributed by atoms with Gasteiger partial charge in [-0.05, 0) is 48.3 Å². The maximum Gasteiger partial charge on any atom is 0.305 e. The number of nitrogens with one attached hydrogen (secondary N) is 3. The second-order valence-electron chi connectivity index (χ2n) is 13.2. The molecule has 1 aromatic heterocycles. The molecule has 1 unspecified atom stereocenters. The molecule has 264 valence electrons. The van der Waals surface area contributed by atoms with Gasteiger partial charge < -0.3 is 26.2 Å². The number of likely N-dealkylation sites (N-methyl/N-ethyl adjacent to an activating group) is 1. The van der Waals surface area contributed by atoms with Crippen molar-refractivity contribution in [2.24, 2.45) is 23.7 Å². The number of pyridine rings is 1. The van der Waals surface area contributed by atoms with Gasteiger partial charge in [0.15, 0.2) is 0 Å². The number of aromatic nitrogens is 1. The number of carbonyl (C=O) groups excluding carboxylic acids is 4. The summed E-state index contributed by atoms with van der Waals surface area (Å²) in [6.07, 6.45) is 0.651. The molecule has 2 rings (SSSR count). The first-order valence-corrected chi connectivity index (χ1v) is 16.7. The minimum absolute atomic E-state index is 0.0245. The van der Waals surface area contributed by atoms with Crippen LogP contribution in [-0.2, 0) is 30.4 Å². The molecule has 1 heterocycles. The fourth-order valence-corrected chi connectivity index (χ4v) is 5.44. The van der Waals surface area contributed by atoms with E-state index in [4.69, 9.17) is 0 Å². The minimum atomic E-state index is -1.37. The normalized spacial score (nSPS) is 15.0. The summed E-state index contributed by atoms with van der Waals surface area (Å²) in [4.78, 5) is 70.7.